The number of nitrogens with one attached hydrogen (secondary N) is 1. The van der Waals surface area contributed by atoms with Crippen molar-refractivity contribution in [3.05, 3.63) is 61.8 Å². The molecule has 3 rings (SSSR count). The van der Waals surface area contributed by atoms with Gasteiger partial charge in [0.1, 0.15) is 0 Å². The van der Waals surface area contributed by atoms with Gasteiger partial charge in [-0.05, 0) is 25.5 Å². The van der Waals surface area contributed by atoms with Crippen LogP contribution in [0.3, 0.4) is 0 Å². The third-order valence-electron chi connectivity index (χ3n) is 3.38. The van der Waals surface area contributed by atoms with Gasteiger partial charge in [0.25, 0.3) is 5.91 Å². The number of nitro groups is 1. The molecule has 24 heavy (non-hydrogen) atoms. The van der Waals surface area contributed by atoms with Crippen LogP contribution in [0.25, 0.3) is 11.3 Å². The summed E-state index contributed by atoms with van der Waals surface area (Å²) in [5.41, 5.74) is 4.11. The molecule has 0 aliphatic carbocycles. The van der Waals surface area contributed by atoms with Crippen LogP contribution in [0, 0.1) is 24.0 Å². The first-order valence-electron chi connectivity index (χ1n) is 7.03. The molecular formula is C16H13N3O3S2. The second-order valence-electron chi connectivity index (χ2n) is 5.21. The summed E-state index contributed by atoms with van der Waals surface area (Å²) in [5, 5.41) is 15.7. The van der Waals surface area contributed by atoms with Crippen LogP contribution in [0.1, 0.15) is 20.8 Å². The standard InChI is InChI=1S/C16H13N3O3S2/c1-9-3-4-11(10(2)7-9)12-8-23-16(17-12)18-15(20)13-5-6-14(24-13)19(21)22/h3-8H,1-2H3,(H,17,18,20). The lowest BCUT2D eigenvalue weighted by atomic mass is 10.0. The van der Waals surface area contributed by atoms with Gasteiger partial charge < -0.3 is 0 Å². The third-order valence-corrected chi connectivity index (χ3v) is 5.17. The van der Waals surface area contributed by atoms with Crippen LogP contribution in [-0.2, 0) is 0 Å². The van der Waals surface area contributed by atoms with Crippen molar-refractivity contribution in [2.75, 3.05) is 5.32 Å². The van der Waals surface area contributed by atoms with E-state index in [0.717, 1.165) is 28.2 Å². The van der Waals surface area contributed by atoms with Gasteiger partial charge in [-0.15, -0.1) is 11.3 Å². The first kappa shape index (κ1) is 16.3. The number of hydrogen-bond donors (Lipinski definition) is 1. The van der Waals surface area contributed by atoms with Gasteiger partial charge in [-0.25, -0.2) is 4.98 Å². The fourth-order valence-electron chi connectivity index (χ4n) is 2.26. The van der Waals surface area contributed by atoms with E-state index in [-0.39, 0.29) is 9.88 Å². The Morgan fingerprint density at radius 2 is 2.04 bits per heavy atom. The van der Waals surface area contributed by atoms with E-state index in [1.165, 1.54) is 29.0 Å². The molecule has 1 amide bonds. The number of anilines is 1. The largest absolute Gasteiger partial charge is 0.324 e. The number of aromatic nitrogens is 1. The van der Waals surface area contributed by atoms with Crippen LogP contribution < -0.4 is 5.32 Å². The van der Waals surface area contributed by atoms with Gasteiger partial charge in [-0.2, -0.15) is 0 Å². The van der Waals surface area contributed by atoms with Crippen molar-refractivity contribution in [2.45, 2.75) is 13.8 Å². The molecular weight excluding hydrogens is 346 g/mol. The van der Waals surface area contributed by atoms with Crippen LogP contribution in [0.15, 0.2) is 35.7 Å². The second-order valence-corrected chi connectivity index (χ2v) is 7.13. The Morgan fingerprint density at radius 1 is 1.25 bits per heavy atom. The quantitative estimate of drug-likeness (QED) is 0.543. The zero-order valence-corrected chi connectivity index (χ0v) is 14.5. The molecule has 0 fully saturated rings. The highest BCUT2D eigenvalue weighted by Gasteiger charge is 2.16. The molecule has 0 saturated carbocycles. The van der Waals surface area contributed by atoms with Crippen molar-refractivity contribution in [3.63, 3.8) is 0 Å². The van der Waals surface area contributed by atoms with Crippen LogP contribution >= 0.6 is 22.7 Å². The predicted octanol–water partition coefficient (Wildman–Crippen LogP) is 4.65. The molecule has 1 aromatic carbocycles. The van der Waals surface area contributed by atoms with Crippen LogP contribution in [0.2, 0.25) is 0 Å². The number of amides is 1. The van der Waals surface area contributed by atoms with Crippen LogP contribution in [0.4, 0.5) is 10.1 Å². The first-order chi connectivity index (χ1) is 11.4. The lowest BCUT2D eigenvalue weighted by Gasteiger charge is -2.03. The van der Waals surface area contributed by atoms with E-state index in [9.17, 15) is 14.9 Å². The van der Waals surface area contributed by atoms with Gasteiger partial charge in [0.15, 0.2) is 5.13 Å². The molecule has 0 atom stereocenters. The van der Waals surface area contributed by atoms with Crippen molar-refractivity contribution in [2.24, 2.45) is 0 Å². The molecule has 0 bridgehead atoms. The fourth-order valence-corrected chi connectivity index (χ4v) is 3.68. The van der Waals surface area contributed by atoms with Crippen molar-refractivity contribution < 1.29 is 9.72 Å². The molecule has 6 nitrogen and oxygen atoms in total. The van der Waals surface area contributed by atoms with Crippen molar-refractivity contribution >= 4 is 38.7 Å². The Kier molecular flexibility index (Phi) is 4.41. The Labute approximate surface area is 146 Å². The number of nitrogens with zero attached hydrogens (tertiary/aromatic N) is 2. The summed E-state index contributed by atoms with van der Waals surface area (Å²) in [6, 6.07) is 8.87. The Morgan fingerprint density at radius 3 is 2.71 bits per heavy atom. The monoisotopic (exact) mass is 359 g/mol. The predicted molar refractivity (Wildman–Crippen MR) is 96.0 cm³/mol. The fraction of sp³-hybridized carbons (Fsp3) is 0.125. The summed E-state index contributed by atoms with van der Waals surface area (Å²) in [6.07, 6.45) is 0. The van der Waals surface area contributed by atoms with Gasteiger partial charge in [0, 0.05) is 17.0 Å². The summed E-state index contributed by atoms with van der Waals surface area (Å²) >= 11 is 2.16. The number of carbonyl (C=O) groups is 1. The number of carbonyl (C=O) groups excluding carboxylic acids is 1. The Hall–Kier alpha value is -2.58. The average Bonchev–Trinajstić information content (AvgIpc) is 3.16. The summed E-state index contributed by atoms with van der Waals surface area (Å²) < 4.78 is 0. The zero-order valence-electron chi connectivity index (χ0n) is 12.9. The highest BCUT2D eigenvalue weighted by Crippen LogP contribution is 2.29. The van der Waals surface area contributed by atoms with Gasteiger partial charge >= 0.3 is 5.00 Å². The average molecular weight is 359 g/mol. The number of thiophene rings is 1. The molecule has 0 unspecified atom stereocenters. The number of benzene rings is 1. The van der Waals surface area contributed by atoms with E-state index in [4.69, 9.17) is 0 Å². The van der Waals surface area contributed by atoms with Gasteiger partial charge in [0.2, 0.25) is 0 Å². The first-order valence-corrected chi connectivity index (χ1v) is 8.72. The normalized spacial score (nSPS) is 10.6. The van der Waals surface area contributed by atoms with E-state index < -0.39 is 10.8 Å². The zero-order chi connectivity index (χ0) is 17.3. The minimum Gasteiger partial charge on any atom is -0.297 e. The van der Waals surface area contributed by atoms with Crippen molar-refractivity contribution in [1.82, 2.24) is 4.98 Å². The number of rotatable bonds is 4. The lowest BCUT2D eigenvalue weighted by Crippen LogP contribution is -2.09. The highest BCUT2D eigenvalue weighted by atomic mass is 32.1. The second kappa shape index (κ2) is 6.50. The van der Waals surface area contributed by atoms with Crippen molar-refractivity contribution in [1.29, 1.82) is 0 Å². The molecule has 0 radical (unpaired) electrons. The van der Waals surface area contributed by atoms with Crippen LogP contribution in [-0.4, -0.2) is 15.8 Å². The molecule has 0 spiro atoms. The molecule has 2 heterocycles. The molecule has 8 heteroatoms. The summed E-state index contributed by atoms with van der Waals surface area (Å²) in [7, 11) is 0. The van der Waals surface area contributed by atoms with E-state index in [2.05, 4.69) is 16.4 Å². The van der Waals surface area contributed by atoms with E-state index >= 15 is 0 Å². The van der Waals surface area contributed by atoms with Crippen molar-refractivity contribution in [3.8, 4) is 11.3 Å². The third kappa shape index (κ3) is 3.34. The molecule has 3 aromatic rings. The van der Waals surface area contributed by atoms with Crippen LogP contribution in [0.5, 0.6) is 0 Å². The SMILES string of the molecule is Cc1ccc(-c2csc(NC(=O)c3ccc([N+](=O)[O-])s3)n2)c(C)c1. The Bertz CT molecular complexity index is 930. The van der Waals surface area contributed by atoms with Gasteiger partial charge in [-0.1, -0.05) is 35.1 Å². The summed E-state index contributed by atoms with van der Waals surface area (Å²) in [4.78, 5) is 27.0. The number of hydrogen-bond acceptors (Lipinski definition) is 6. The maximum atomic E-state index is 12.2. The number of thiazole rings is 1. The Balaban J connectivity index is 1.78. The molecule has 2 aromatic heterocycles. The molecule has 0 aliphatic rings. The minimum atomic E-state index is -0.511. The smallest absolute Gasteiger partial charge is 0.297 e. The highest BCUT2D eigenvalue weighted by molar-refractivity contribution is 7.17. The topological polar surface area (TPSA) is 85.1 Å². The molecule has 122 valence electrons. The van der Waals surface area contributed by atoms with Gasteiger partial charge in [0.05, 0.1) is 15.5 Å². The maximum absolute atomic E-state index is 12.2. The van der Waals surface area contributed by atoms with Gasteiger partial charge in [-0.3, -0.25) is 20.2 Å². The maximum Gasteiger partial charge on any atom is 0.324 e. The lowest BCUT2D eigenvalue weighted by molar-refractivity contribution is -0.380. The minimum absolute atomic E-state index is 0.0599. The summed E-state index contributed by atoms with van der Waals surface area (Å²) in [6.45, 7) is 4.05. The molecule has 0 aliphatic heterocycles. The van der Waals surface area contributed by atoms with E-state index in [0.29, 0.717) is 5.13 Å². The number of aryl methyl sites for hydroxylation is 2. The molecule has 1 N–H and O–H groups in total. The summed E-state index contributed by atoms with van der Waals surface area (Å²) in [5.74, 6) is -0.394. The molecule has 0 saturated heterocycles. The van der Waals surface area contributed by atoms with E-state index in [1.54, 1.807) is 0 Å². The van der Waals surface area contributed by atoms with E-state index in [1.807, 2.05) is 31.4 Å².